The van der Waals surface area contributed by atoms with Gasteiger partial charge in [-0.25, -0.2) is 4.98 Å². The van der Waals surface area contributed by atoms with Crippen LogP contribution in [-0.4, -0.2) is 29.0 Å². The number of nitrogens with zero attached hydrogens (tertiary/aromatic N) is 2. The molecule has 0 fully saturated rings. The van der Waals surface area contributed by atoms with Crippen LogP contribution in [0.5, 0.6) is 0 Å². The zero-order valence-corrected chi connectivity index (χ0v) is 16.9. The molecule has 0 aliphatic carbocycles. The summed E-state index contributed by atoms with van der Waals surface area (Å²) in [4.78, 5) is 23.0. The van der Waals surface area contributed by atoms with Gasteiger partial charge >= 0.3 is 0 Å². The Kier molecular flexibility index (Phi) is 5.34. The van der Waals surface area contributed by atoms with Gasteiger partial charge in [0, 0.05) is 30.5 Å². The van der Waals surface area contributed by atoms with E-state index in [4.69, 9.17) is 5.73 Å². The maximum atomic E-state index is 12.6. The van der Waals surface area contributed by atoms with Crippen molar-refractivity contribution >= 4 is 48.9 Å². The normalized spacial score (nSPS) is 10.9. The number of carbonyl (C=O) groups is 1. The van der Waals surface area contributed by atoms with Crippen molar-refractivity contribution in [3.63, 3.8) is 0 Å². The van der Waals surface area contributed by atoms with Crippen LogP contribution in [0, 0.1) is 6.92 Å². The van der Waals surface area contributed by atoms with Crippen molar-refractivity contribution in [2.24, 2.45) is 5.73 Å². The van der Waals surface area contributed by atoms with Gasteiger partial charge in [0.25, 0.3) is 5.91 Å². The van der Waals surface area contributed by atoms with E-state index in [1.165, 1.54) is 22.7 Å². The molecular formula is C20H19N5OS2. The summed E-state index contributed by atoms with van der Waals surface area (Å²) < 4.78 is 0.996. The largest absolute Gasteiger partial charge is 0.360 e. The topological polar surface area (TPSA) is 92.9 Å². The van der Waals surface area contributed by atoms with Crippen molar-refractivity contribution in [3.05, 3.63) is 59.1 Å². The van der Waals surface area contributed by atoms with Crippen molar-refractivity contribution in [3.8, 4) is 11.3 Å². The number of carbonyl (C=O) groups excluding carboxylic acids is 1. The fraction of sp³-hybridized carbons (Fsp3) is 0.150. The Labute approximate surface area is 170 Å². The molecular weight excluding hydrogens is 390 g/mol. The van der Waals surface area contributed by atoms with Gasteiger partial charge in [-0.15, -0.1) is 11.3 Å². The number of anilines is 2. The van der Waals surface area contributed by atoms with Crippen LogP contribution in [0.4, 0.5) is 10.8 Å². The van der Waals surface area contributed by atoms with Gasteiger partial charge in [-0.05, 0) is 36.8 Å². The molecule has 8 heteroatoms. The number of benzene rings is 1. The molecule has 3 aromatic heterocycles. The molecule has 142 valence electrons. The number of pyridine rings is 1. The lowest BCUT2D eigenvalue weighted by Gasteiger charge is -2.06. The maximum absolute atomic E-state index is 12.6. The number of hydrogen-bond acceptors (Lipinski definition) is 7. The van der Waals surface area contributed by atoms with Crippen LogP contribution < -0.4 is 16.4 Å². The van der Waals surface area contributed by atoms with E-state index in [9.17, 15) is 4.79 Å². The molecule has 0 unspecified atom stereocenters. The van der Waals surface area contributed by atoms with Crippen LogP contribution in [0.3, 0.4) is 0 Å². The minimum Gasteiger partial charge on any atom is -0.360 e. The summed E-state index contributed by atoms with van der Waals surface area (Å²) in [5, 5.41) is 6.94. The smallest absolute Gasteiger partial charge is 0.265 e. The summed E-state index contributed by atoms with van der Waals surface area (Å²) in [5.74, 6) is -0.132. The number of nitrogens with two attached hydrogens (primary N) is 1. The predicted molar refractivity (Wildman–Crippen MR) is 117 cm³/mol. The Balaban J connectivity index is 1.45. The van der Waals surface area contributed by atoms with Crippen molar-refractivity contribution < 1.29 is 4.79 Å². The van der Waals surface area contributed by atoms with E-state index in [1.807, 2.05) is 55.6 Å². The fourth-order valence-electron chi connectivity index (χ4n) is 2.66. The first-order valence-electron chi connectivity index (χ1n) is 8.81. The third-order valence-corrected chi connectivity index (χ3v) is 6.20. The number of hydrogen-bond donors (Lipinski definition) is 3. The summed E-state index contributed by atoms with van der Waals surface area (Å²) in [6.07, 6.45) is 1.85. The quantitative estimate of drug-likeness (QED) is 0.440. The summed E-state index contributed by atoms with van der Waals surface area (Å²) in [6.45, 7) is 3.25. The zero-order valence-electron chi connectivity index (χ0n) is 15.2. The van der Waals surface area contributed by atoms with Gasteiger partial charge < -0.3 is 16.4 Å². The van der Waals surface area contributed by atoms with Crippen molar-refractivity contribution in [2.45, 2.75) is 6.92 Å². The fourth-order valence-corrected chi connectivity index (χ4v) is 4.69. The number of thiophene rings is 1. The summed E-state index contributed by atoms with van der Waals surface area (Å²) in [5.41, 5.74) is 9.28. The molecule has 4 aromatic rings. The number of thiazole rings is 1. The average Bonchev–Trinajstić information content (AvgIpc) is 3.26. The number of amides is 1. The second-order valence-corrected chi connectivity index (χ2v) is 8.33. The van der Waals surface area contributed by atoms with Gasteiger partial charge in [0.15, 0.2) is 5.13 Å². The Morgan fingerprint density at radius 2 is 1.96 bits per heavy atom. The Morgan fingerprint density at radius 1 is 1.14 bits per heavy atom. The van der Waals surface area contributed by atoms with Crippen LogP contribution in [0.2, 0.25) is 0 Å². The van der Waals surface area contributed by atoms with Crippen molar-refractivity contribution in [1.82, 2.24) is 9.97 Å². The highest BCUT2D eigenvalue weighted by Gasteiger charge is 2.14. The number of aryl methyl sites for hydroxylation is 1. The lowest BCUT2D eigenvalue weighted by Crippen LogP contribution is -2.12. The summed E-state index contributed by atoms with van der Waals surface area (Å²) in [7, 11) is 0. The first-order valence-corrected chi connectivity index (χ1v) is 10.4. The molecule has 1 amide bonds. The molecule has 0 atom stereocenters. The van der Waals surface area contributed by atoms with Crippen LogP contribution >= 0.6 is 22.7 Å². The van der Waals surface area contributed by atoms with Crippen molar-refractivity contribution in [2.75, 3.05) is 23.7 Å². The molecule has 6 nitrogen and oxygen atoms in total. The number of rotatable bonds is 6. The highest BCUT2D eigenvalue weighted by atomic mass is 32.1. The molecule has 0 saturated heterocycles. The van der Waals surface area contributed by atoms with E-state index in [0.29, 0.717) is 18.0 Å². The molecule has 0 saturated carbocycles. The summed E-state index contributed by atoms with van der Waals surface area (Å²) >= 11 is 2.91. The molecule has 0 aliphatic heterocycles. The van der Waals surface area contributed by atoms with Crippen LogP contribution in [-0.2, 0) is 0 Å². The van der Waals surface area contributed by atoms with Crippen LogP contribution in [0.1, 0.15) is 15.2 Å². The molecule has 28 heavy (non-hydrogen) atoms. The Morgan fingerprint density at radius 3 is 2.64 bits per heavy atom. The molecule has 0 bridgehead atoms. The third-order valence-electron chi connectivity index (χ3n) is 4.08. The first-order chi connectivity index (χ1) is 13.6. The standard InChI is InChI=1S/C20H19N5OS2/c1-12-2-7-15(23-11-12)13-3-5-14(6-4-13)24-18(26)16-10-17-19(27-16)25-20(28-17)22-9-8-21/h2-7,10-11H,8-9,21H2,1H3,(H,22,25)(H,24,26). The number of nitrogens with one attached hydrogen (secondary N) is 2. The lowest BCUT2D eigenvalue weighted by molar-refractivity contribution is 0.103. The lowest BCUT2D eigenvalue weighted by atomic mass is 10.1. The number of aromatic nitrogens is 2. The second-order valence-electron chi connectivity index (χ2n) is 6.27. The van der Waals surface area contributed by atoms with Gasteiger partial charge in [-0.3, -0.25) is 9.78 Å². The summed E-state index contributed by atoms with van der Waals surface area (Å²) in [6, 6.07) is 13.6. The molecule has 4 N–H and O–H groups in total. The third kappa shape index (κ3) is 4.04. The van der Waals surface area contributed by atoms with Gasteiger partial charge in [0.05, 0.1) is 15.3 Å². The first kappa shape index (κ1) is 18.5. The maximum Gasteiger partial charge on any atom is 0.265 e. The van der Waals surface area contributed by atoms with Gasteiger partial charge in [0.2, 0.25) is 0 Å². The van der Waals surface area contributed by atoms with E-state index >= 15 is 0 Å². The van der Waals surface area contributed by atoms with E-state index < -0.39 is 0 Å². The highest BCUT2D eigenvalue weighted by molar-refractivity contribution is 7.29. The van der Waals surface area contributed by atoms with Crippen LogP contribution in [0.15, 0.2) is 48.7 Å². The second kappa shape index (κ2) is 8.05. The average molecular weight is 410 g/mol. The molecule has 3 heterocycles. The van der Waals surface area contributed by atoms with E-state index in [-0.39, 0.29) is 5.91 Å². The van der Waals surface area contributed by atoms with E-state index in [0.717, 1.165) is 37.2 Å². The SMILES string of the molecule is Cc1ccc(-c2ccc(NC(=O)c3cc4sc(NCCN)nc4s3)cc2)nc1. The molecule has 4 rings (SSSR count). The Hall–Kier alpha value is -2.81. The van der Waals surface area contributed by atoms with Gasteiger partial charge in [0.1, 0.15) is 4.83 Å². The van der Waals surface area contributed by atoms with Gasteiger partial charge in [-0.1, -0.05) is 29.5 Å². The van der Waals surface area contributed by atoms with E-state index in [2.05, 4.69) is 20.6 Å². The molecule has 0 spiro atoms. The minimum atomic E-state index is -0.132. The van der Waals surface area contributed by atoms with Gasteiger partial charge in [-0.2, -0.15) is 0 Å². The number of fused-ring (bicyclic) bond motifs is 1. The van der Waals surface area contributed by atoms with Crippen molar-refractivity contribution in [1.29, 1.82) is 0 Å². The zero-order chi connectivity index (χ0) is 19.5. The van der Waals surface area contributed by atoms with E-state index in [1.54, 1.807) is 0 Å². The molecule has 1 aromatic carbocycles. The Bertz CT molecular complexity index is 1070. The molecule has 0 aliphatic rings. The predicted octanol–water partition coefficient (Wildman–Crippen LogP) is 4.35. The highest BCUT2D eigenvalue weighted by Crippen LogP contribution is 2.33. The minimum absolute atomic E-state index is 0.132. The monoisotopic (exact) mass is 409 g/mol. The van der Waals surface area contributed by atoms with Crippen LogP contribution in [0.25, 0.3) is 20.8 Å². The molecule has 0 radical (unpaired) electrons.